The second-order valence-corrected chi connectivity index (χ2v) is 9.05. The molecule has 0 atom stereocenters. The summed E-state index contributed by atoms with van der Waals surface area (Å²) in [5, 5.41) is 1.98. The topological polar surface area (TPSA) is 43.9 Å². The number of carbonyl (C=O) groups excluding carboxylic acids is 2. The Kier molecular flexibility index (Phi) is 7.99. The second kappa shape index (κ2) is 10.7. The van der Waals surface area contributed by atoms with Crippen molar-refractivity contribution in [3.63, 3.8) is 0 Å². The molecule has 1 aliphatic heterocycles. The van der Waals surface area contributed by atoms with Gasteiger partial charge in [-0.1, -0.05) is 32.0 Å². The van der Waals surface area contributed by atoms with Gasteiger partial charge in [0.05, 0.1) is 6.42 Å². The van der Waals surface area contributed by atoms with Crippen LogP contribution in [0.5, 0.6) is 0 Å². The van der Waals surface area contributed by atoms with Crippen LogP contribution in [0.15, 0.2) is 41.8 Å². The minimum atomic E-state index is -0.274. The molecule has 2 amide bonds. The van der Waals surface area contributed by atoms with Crippen molar-refractivity contribution in [1.82, 2.24) is 14.7 Å². The van der Waals surface area contributed by atoms with Crippen molar-refractivity contribution < 1.29 is 14.0 Å². The highest BCUT2D eigenvalue weighted by molar-refractivity contribution is 7.10. The molecule has 1 aliphatic rings. The van der Waals surface area contributed by atoms with E-state index in [0.717, 1.165) is 43.2 Å². The lowest BCUT2D eigenvalue weighted by molar-refractivity contribution is -0.136. The van der Waals surface area contributed by atoms with E-state index < -0.39 is 0 Å². The third kappa shape index (κ3) is 6.37. The van der Waals surface area contributed by atoms with Gasteiger partial charge < -0.3 is 9.80 Å². The van der Waals surface area contributed by atoms with Crippen molar-refractivity contribution in [1.29, 1.82) is 0 Å². The van der Waals surface area contributed by atoms with Crippen LogP contribution in [0.4, 0.5) is 4.39 Å². The summed E-state index contributed by atoms with van der Waals surface area (Å²) in [4.78, 5) is 32.3. The van der Waals surface area contributed by atoms with Crippen LogP contribution in [0, 0.1) is 11.7 Å². The Morgan fingerprint density at radius 2 is 1.80 bits per heavy atom. The molecule has 1 saturated heterocycles. The highest BCUT2D eigenvalue weighted by Crippen LogP contribution is 2.14. The fourth-order valence-electron chi connectivity index (χ4n) is 3.60. The molecule has 1 aromatic heterocycles. The number of halogens is 1. The number of nitrogens with zero attached hydrogens (tertiary/aromatic N) is 3. The fraction of sp³-hybridized carbons (Fsp3) is 0.478. The number of hydrogen-bond donors (Lipinski definition) is 0. The van der Waals surface area contributed by atoms with Crippen molar-refractivity contribution in [3.8, 4) is 0 Å². The zero-order valence-electron chi connectivity index (χ0n) is 17.7. The first-order valence-electron chi connectivity index (χ1n) is 10.5. The number of carbonyl (C=O) groups is 2. The molecule has 162 valence electrons. The van der Waals surface area contributed by atoms with Gasteiger partial charge in [-0.25, -0.2) is 4.39 Å². The SMILES string of the molecule is CC(C)C(=O)N1CCN(CCN(Cc2ccc(F)cc2)C(=O)Cc2cccs2)CC1. The molecule has 0 unspecified atom stereocenters. The zero-order valence-corrected chi connectivity index (χ0v) is 18.5. The molecule has 0 radical (unpaired) electrons. The van der Waals surface area contributed by atoms with Crippen molar-refractivity contribution in [3.05, 3.63) is 58.0 Å². The van der Waals surface area contributed by atoms with Gasteiger partial charge in [-0.3, -0.25) is 14.5 Å². The summed E-state index contributed by atoms with van der Waals surface area (Å²) < 4.78 is 13.3. The van der Waals surface area contributed by atoms with E-state index in [1.165, 1.54) is 12.1 Å². The molecule has 0 saturated carbocycles. The summed E-state index contributed by atoms with van der Waals surface area (Å²) in [6.07, 6.45) is 0.384. The van der Waals surface area contributed by atoms with Crippen LogP contribution in [-0.2, 0) is 22.6 Å². The maximum Gasteiger partial charge on any atom is 0.228 e. The minimum absolute atomic E-state index is 0.0256. The molecular formula is C23H30FN3O2S. The first kappa shape index (κ1) is 22.4. The summed E-state index contributed by atoms with van der Waals surface area (Å²) in [6, 6.07) is 10.3. The molecule has 0 N–H and O–H groups in total. The molecule has 2 heterocycles. The van der Waals surface area contributed by atoms with E-state index in [1.54, 1.807) is 23.5 Å². The second-order valence-electron chi connectivity index (χ2n) is 8.02. The van der Waals surface area contributed by atoms with Crippen LogP contribution in [0.3, 0.4) is 0 Å². The van der Waals surface area contributed by atoms with Crippen molar-refractivity contribution in [2.75, 3.05) is 39.3 Å². The number of thiophene rings is 1. The monoisotopic (exact) mass is 431 g/mol. The Labute approximate surface area is 182 Å². The van der Waals surface area contributed by atoms with Gasteiger partial charge in [0.25, 0.3) is 0 Å². The third-order valence-electron chi connectivity index (χ3n) is 5.41. The molecule has 0 spiro atoms. The number of rotatable bonds is 8. The minimum Gasteiger partial charge on any atom is -0.340 e. The Balaban J connectivity index is 1.57. The molecule has 5 nitrogen and oxygen atoms in total. The van der Waals surface area contributed by atoms with Crippen LogP contribution in [0.2, 0.25) is 0 Å². The highest BCUT2D eigenvalue weighted by Gasteiger charge is 2.23. The molecule has 3 rings (SSSR count). The van der Waals surface area contributed by atoms with Crippen LogP contribution < -0.4 is 0 Å². The molecule has 0 bridgehead atoms. The average Bonchev–Trinajstić information content (AvgIpc) is 3.25. The van der Waals surface area contributed by atoms with E-state index >= 15 is 0 Å². The Morgan fingerprint density at radius 3 is 2.40 bits per heavy atom. The van der Waals surface area contributed by atoms with Gasteiger partial charge >= 0.3 is 0 Å². The van der Waals surface area contributed by atoms with Gasteiger partial charge in [-0.2, -0.15) is 0 Å². The predicted octanol–water partition coefficient (Wildman–Crippen LogP) is 3.26. The maximum absolute atomic E-state index is 13.3. The van der Waals surface area contributed by atoms with Gasteiger partial charge in [0.2, 0.25) is 11.8 Å². The summed E-state index contributed by atoms with van der Waals surface area (Å²) in [5.74, 6) is 0.0377. The quantitative estimate of drug-likeness (QED) is 0.644. The van der Waals surface area contributed by atoms with Gasteiger partial charge in [-0.05, 0) is 29.1 Å². The van der Waals surface area contributed by atoms with Gasteiger partial charge in [0, 0.05) is 56.6 Å². The van der Waals surface area contributed by atoms with Gasteiger partial charge in [-0.15, -0.1) is 11.3 Å². The van der Waals surface area contributed by atoms with Crippen molar-refractivity contribution in [2.45, 2.75) is 26.8 Å². The molecular weight excluding hydrogens is 401 g/mol. The number of benzene rings is 1. The third-order valence-corrected chi connectivity index (χ3v) is 6.29. The largest absolute Gasteiger partial charge is 0.340 e. The summed E-state index contributed by atoms with van der Waals surface area (Å²) in [6.45, 7) is 8.82. The lowest BCUT2D eigenvalue weighted by Gasteiger charge is -2.36. The predicted molar refractivity (Wildman–Crippen MR) is 118 cm³/mol. The van der Waals surface area contributed by atoms with Crippen LogP contribution in [-0.4, -0.2) is 65.8 Å². The lowest BCUT2D eigenvalue weighted by Crippen LogP contribution is -2.51. The first-order chi connectivity index (χ1) is 14.4. The Morgan fingerprint density at radius 1 is 1.10 bits per heavy atom. The van der Waals surface area contributed by atoms with Crippen molar-refractivity contribution in [2.24, 2.45) is 5.92 Å². The molecule has 1 fully saturated rings. The van der Waals surface area contributed by atoms with E-state index in [2.05, 4.69) is 4.90 Å². The van der Waals surface area contributed by atoms with Crippen LogP contribution in [0.25, 0.3) is 0 Å². The Bertz CT molecular complexity index is 815. The van der Waals surface area contributed by atoms with E-state index in [9.17, 15) is 14.0 Å². The Hall–Kier alpha value is -2.25. The zero-order chi connectivity index (χ0) is 21.5. The first-order valence-corrected chi connectivity index (χ1v) is 11.4. The summed E-state index contributed by atoms with van der Waals surface area (Å²) >= 11 is 1.58. The highest BCUT2D eigenvalue weighted by atomic mass is 32.1. The van der Waals surface area contributed by atoms with E-state index in [-0.39, 0.29) is 23.5 Å². The summed E-state index contributed by atoms with van der Waals surface area (Å²) in [7, 11) is 0. The van der Waals surface area contributed by atoms with E-state index in [4.69, 9.17) is 0 Å². The van der Waals surface area contributed by atoms with Crippen LogP contribution in [0.1, 0.15) is 24.3 Å². The molecule has 1 aromatic carbocycles. The smallest absolute Gasteiger partial charge is 0.228 e. The molecule has 2 aromatic rings. The van der Waals surface area contributed by atoms with E-state index in [0.29, 0.717) is 19.5 Å². The van der Waals surface area contributed by atoms with Gasteiger partial charge in [0.1, 0.15) is 5.82 Å². The van der Waals surface area contributed by atoms with Crippen LogP contribution >= 0.6 is 11.3 Å². The number of amides is 2. The normalized spacial score (nSPS) is 14.9. The molecule has 30 heavy (non-hydrogen) atoms. The lowest BCUT2D eigenvalue weighted by atomic mass is 10.1. The summed E-state index contributed by atoms with van der Waals surface area (Å²) in [5.41, 5.74) is 0.920. The van der Waals surface area contributed by atoms with E-state index in [1.807, 2.05) is 41.2 Å². The van der Waals surface area contributed by atoms with Crippen molar-refractivity contribution >= 4 is 23.2 Å². The maximum atomic E-state index is 13.3. The fourth-order valence-corrected chi connectivity index (χ4v) is 4.29. The molecule has 0 aliphatic carbocycles. The molecule has 7 heteroatoms. The van der Waals surface area contributed by atoms with Gasteiger partial charge in [0.15, 0.2) is 0 Å². The average molecular weight is 432 g/mol. The standard InChI is InChI=1S/C23H30FN3O2S/c1-18(2)23(29)26-12-9-25(10-13-26)11-14-27(17-19-5-7-20(24)8-6-19)22(28)16-21-4-3-15-30-21/h3-8,15,18H,9-14,16-17H2,1-2H3. The number of piperazine rings is 1. The number of hydrogen-bond acceptors (Lipinski definition) is 4.